The summed E-state index contributed by atoms with van der Waals surface area (Å²) in [5, 5.41) is 8.16. The summed E-state index contributed by atoms with van der Waals surface area (Å²) in [6.45, 7) is 32.6. The number of hydrogen-bond acceptors (Lipinski definition) is 8. The van der Waals surface area contributed by atoms with E-state index in [9.17, 15) is 0 Å². The highest BCUT2D eigenvalue weighted by atomic mass is 16.4. The van der Waals surface area contributed by atoms with Crippen LogP contribution in [0.4, 0.5) is 0 Å². The average Bonchev–Trinajstić information content (AvgIpc) is 1.56. The molecule has 0 saturated carbocycles. The largest absolute Gasteiger partial charge is 0.437 e. The van der Waals surface area contributed by atoms with E-state index in [4.69, 9.17) is 41.3 Å². The van der Waals surface area contributed by atoms with Crippen molar-refractivity contribution in [2.24, 2.45) is 28.2 Å². The van der Waals surface area contributed by atoms with Gasteiger partial charge in [0.1, 0.15) is 28.2 Å². The number of fused-ring (bicyclic) bond motifs is 12. The SMILES string of the molecule is Cc1c[n+](C)c(-c2c(C)ccc3c2oc2nc(C(C)C)ccc23)cc1C(C)C.[2H]C([2H])([2H])c1c[n+](C)c(-c2c(C)ccc3c2oc2nc(C(C)C)ccc23)cc1C(C)C.[2H]C([2H])([2H])c1c[n+](C)c(-c2c(C)ccc3c2oc2nc(CC)ccc23)cc1C(C)C.[2H]C([2H])([2H])c1c[n+](C)c(-c2c(C)ccc3c2oc2nc(CC)ccc23)cc1C([2H])(C)C. The molecular formula is C98H112N8O4+4. The number of furan rings is 4. The van der Waals surface area contributed by atoms with Crippen LogP contribution in [0.15, 0.2) is 164 Å². The van der Waals surface area contributed by atoms with Crippen molar-refractivity contribution in [3.63, 3.8) is 0 Å². The first-order valence-corrected chi connectivity index (χ1v) is 38.7. The minimum Gasteiger partial charge on any atom is -0.437 e. The lowest BCUT2D eigenvalue weighted by atomic mass is 9.94. The summed E-state index contributed by atoms with van der Waals surface area (Å²) in [5.41, 5.74) is 27.9. The van der Waals surface area contributed by atoms with E-state index in [1.165, 1.54) is 22.4 Å². The number of rotatable bonds is 12. The molecule has 0 aliphatic rings. The predicted molar refractivity (Wildman–Crippen MR) is 454 cm³/mol. The van der Waals surface area contributed by atoms with E-state index in [-0.39, 0.29) is 17.4 Å². The Hall–Kier alpha value is -10.7. The highest BCUT2D eigenvalue weighted by molar-refractivity contribution is 6.12. The second-order valence-corrected chi connectivity index (χ2v) is 31.7. The zero-order valence-corrected chi connectivity index (χ0v) is 68.4. The molecule has 12 heterocycles. The molecule has 0 aliphatic carbocycles. The van der Waals surface area contributed by atoms with Crippen molar-refractivity contribution in [1.82, 2.24) is 19.9 Å². The number of aryl methyl sites for hydroxylation is 14. The van der Waals surface area contributed by atoms with Crippen molar-refractivity contribution in [3.05, 3.63) is 236 Å². The molecule has 12 heteroatoms. The van der Waals surface area contributed by atoms with E-state index >= 15 is 0 Å². The Morgan fingerprint density at radius 1 is 0.309 bits per heavy atom. The lowest BCUT2D eigenvalue weighted by Gasteiger charge is -2.12. The quantitative estimate of drug-likeness (QED) is 0.111. The fraction of sp³-hybridized carbons (Fsp3) is 0.347. The highest BCUT2D eigenvalue weighted by Gasteiger charge is 2.29. The van der Waals surface area contributed by atoms with Gasteiger partial charge in [-0.3, -0.25) is 0 Å². The van der Waals surface area contributed by atoms with Gasteiger partial charge < -0.3 is 17.7 Å². The van der Waals surface area contributed by atoms with Crippen molar-refractivity contribution < 1.29 is 49.6 Å². The molecule has 12 aromatic heterocycles. The molecule has 0 unspecified atom stereocenters. The molecule has 564 valence electrons. The summed E-state index contributed by atoms with van der Waals surface area (Å²) in [4.78, 5) is 18.8. The monoisotopic (exact) mass is 1470 g/mol. The van der Waals surface area contributed by atoms with E-state index < -0.39 is 26.4 Å². The maximum absolute atomic E-state index is 8.58. The summed E-state index contributed by atoms with van der Waals surface area (Å²) in [7, 11) is 7.73. The lowest BCUT2D eigenvalue weighted by Crippen LogP contribution is -2.32. The molecule has 0 aliphatic heterocycles. The van der Waals surface area contributed by atoms with E-state index in [0.29, 0.717) is 51.6 Å². The standard InChI is InChI=1S/2C25H29N2O.2C24H27N2O/c2*1-14(2)20-12-22(27(7)13-17(20)6)23-16(5)8-9-18-19-10-11-21(15(3)4)26-25(19)28-24(18)23;2*1-7-17-9-11-19-18-10-8-15(4)22(23(18)27-24(19)25-17)21-12-20(14(2)3)16(5)13-26(21)6/h2*8-15H,1-7H3;2*8-14H,7H2,1-6H3/q4*+1/i6D3;;5D3,14D;5D3. The maximum atomic E-state index is 8.58. The van der Waals surface area contributed by atoms with Gasteiger partial charge in [0, 0.05) is 126 Å². The Morgan fingerprint density at radius 2 is 0.564 bits per heavy atom. The molecule has 0 N–H and O–H groups in total. The number of benzene rings is 4. The maximum Gasteiger partial charge on any atom is 0.227 e. The van der Waals surface area contributed by atoms with Crippen LogP contribution in [-0.2, 0) is 41.0 Å². The first-order chi connectivity index (χ1) is 56.3. The first kappa shape index (κ1) is 65.2. The smallest absolute Gasteiger partial charge is 0.227 e. The molecular weight excluding hydrogens is 1350 g/mol. The topological polar surface area (TPSA) is 120 Å². The fourth-order valence-corrected chi connectivity index (χ4v) is 15.5. The van der Waals surface area contributed by atoms with Gasteiger partial charge >= 0.3 is 0 Å². The Bertz CT molecular complexity index is 6680. The van der Waals surface area contributed by atoms with Gasteiger partial charge in [-0.2, -0.15) is 0 Å². The van der Waals surface area contributed by atoms with Gasteiger partial charge in [0.05, 0.1) is 22.3 Å². The molecule has 0 amide bonds. The van der Waals surface area contributed by atoms with Crippen molar-refractivity contribution in [2.75, 3.05) is 0 Å². The molecule has 110 heavy (non-hydrogen) atoms. The second kappa shape index (κ2) is 31.0. The van der Waals surface area contributed by atoms with Crippen LogP contribution in [0.2, 0.25) is 0 Å². The molecule has 0 spiro atoms. The number of aromatic nitrogens is 8. The van der Waals surface area contributed by atoms with Crippen LogP contribution < -0.4 is 18.3 Å². The van der Waals surface area contributed by atoms with Gasteiger partial charge in [-0.1, -0.05) is 145 Å². The summed E-state index contributed by atoms with van der Waals surface area (Å²) >= 11 is 0. The van der Waals surface area contributed by atoms with Crippen molar-refractivity contribution in [1.29, 1.82) is 0 Å². The zero-order valence-electron chi connectivity index (χ0n) is 78.4. The molecule has 0 bridgehead atoms. The second-order valence-electron chi connectivity index (χ2n) is 31.7. The van der Waals surface area contributed by atoms with Gasteiger partial charge in [0.15, 0.2) is 47.1 Å². The predicted octanol–water partition coefficient (Wildman–Crippen LogP) is 24.2. The van der Waals surface area contributed by atoms with Gasteiger partial charge in [0.25, 0.3) is 0 Å². The van der Waals surface area contributed by atoms with Crippen LogP contribution in [0.1, 0.15) is 236 Å². The summed E-state index contributed by atoms with van der Waals surface area (Å²) in [6.07, 6.45) is 9.01. The molecule has 12 nitrogen and oxygen atoms in total. The normalized spacial score (nSPS) is 13.7. The zero-order chi connectivity index (χ0) is 87.3. The lowest BCUT2D eigenvalue weighted by molar-refractivity contribution is -0.660. The first-order valence-electron chi connectivity index (χ1n) is 43.7. The van der Waals surface area contributed by atoms with Crippen molar-refractivity contribution in [2.45, 2.75) is 200 Å². The molecule has 4 aromatic carbocycles. The molecule has 0 radical (unpaired) electrons. The average molecular weight is 1480 g/mol. The van der Waals surface area contributed by atoms with Crippen LogP contribution in [0, 0.1) is 55.2 Å². The number of nitrogens with zero attached hydrogens (tertiary/aromatic N) is 8. The van der Waals surface area contributed by atoms with E-state index in [1.54, 1.807) is 32.4 Å². The Balaban J connectivity index is 0.000000138. The summed E-state index contributed by atoms with van der Waals surface area (Å²) in [6, 6.07) is 41.5. The van der Waals surface area contributed by atoms with Crippen molar-refractivity contribution >= 4 is 88.3 Å². The Kier molecular flexibility index (Phi) is 18.4. The van der Waals surface area contributed by atoms with Gasteiger partial charge in [-0.05, 0) is 197 Å². The van der Waals surface area contributed by atoms with Crippen LogP contribution in [0.5, 0.6) is 0 Å². The Morgan fingerprint density at radius 3 is 0.836 bits per heavy atom. The van der Waals surface area contributed by atoms with Crippen LogP contribution in [0.3, 0.4) is 0 Å². The molecule has 0 fully saturated rings. The van der Waals surface area contributed by atoms with Gasteiger partial charge in [-0.15, -0.1) is 0 Å². The third kappa shape index (κ3) is 14.5. The van der Waals surface area contributed by atoms with Gasteiger partial charge in [0.2, 0.25) is 45.6 Å². The van der Waals surface area contributed by atoms with Gasteiger partial charge in [-0.25, -0.2) is 38.2 Å². The van der Waals surface area contributed by atoms with E-state index in [2.05, 4.69) is 184 Å². The van der Waals surface area contributed by atoms with Crippen LogP contribution in [0.25, 0.3) is 133 Å². The number of pyridine rings is 8. The minimum atomic E-state index is -2.30. The third-order valence-corrected chi connectivity index (χ3v) is 21.8. The molecule has 0 saturated heterocycles. The number of hydrogen-bond donors (Lipinski definition) is 0. The Labute approximate surface area is 664 Å². The van der Waals surface area contributed by atoms with E-state index in [0.717, 1.165) is 174 Å². The third-order valence-electron chi connectivity index (χ3n) is 21.8. The molecule has 0 atom stereocenters. The summed E-state index contributed by atoms with van der Waals surface area (Å²) in [5.74, 6) is 0.274. The van der Waals surface area contributed by atoms with Crippen molar-refractivity contribution in [3.8, 4) is 45.0 Å². The van der Waals surface area contributed by atoms with Crippen LogP contribution in [-0.4, -0.2) is 19.9 Å². The summed E-state index contributed by atoms with van der Waals surface area (Å²) < 4.78 is 113. The minimum absolute atomic E-state index is 0.0841. The highest BCUT2D eigenvalue weighted by Crippen LogP contribution is 2.43. The molecule has 16 rings (SSSR count). The fourth-order valence-electron chi connectivity index (χ4n) is 15.5. The van der Waals surface area contributed by atoms with Crippen LogP contribution >= 0.6 is 0 Å². The van der Waals surface area contributed by atoms with E-state index in [1.807, 2.05) is 118 Å². The molecule has 16 aromatic rings.